The van der Waals surface area contributed by atoms with Crippen LogP contribution in [0.1, 0.15) is 31.9 Å². The highest BCUT2D eigenvalue weighted by molar-refractivity contribution is 6.18. The van der Waals surface area contributed by atoms with E-state index < -0.39 is 0 Å². The molecule has 1 amide bonds. The van der Waals surface area contributed by atoms with Crippen molar-refractivity contribution in [2.24, 2.45) is 5.92 Å². The Morgan fingerprint density at radius 2 is 2.21 bits per heavy atom. The summed E-state index contributed by atoms with van der Waals surface area (Å²) in [5, 5.41) is 0. The van der Waals surface area contributed by atoms with Crippen LogP contribution in [0, 0.1) is 5.92 Å². The molecule has 0 spiro atoms. The molecule has 1 aromatic rings. The van der Waals surface area contributed by atoms with Gasteiger partial charge in [0.25, 0.3) is 0 Å². The lowest BCUT2D eigenvalue weighted by Gasteiger charge is -2.26. The number of ether oxygens (including phenoxy) is 1. The summed E-state index contributed by atoms with van der Waals surface area (Å²) in [7, 11) is 0. The molecule has 0 aromatic heterocycles. The van der Waals surface area contributed by atoms with E-state index in [1.54, 1.807) is 0 Å². The number of para-hydroxylation sites is 1. The fraction of sp³-hybridized carbons (Fsp3) is 0.533. The van der Waals surface area contributed by atoms with Gasteiger partial charge in [-0.2, -0.15) is 0 Å². The zero-order chi connectivity index (χ0) is 13.8. The summed E-state index contributed by atoms with van der Waals surface area (Å²) < 4.78 is 5.64. The van der Waals surface area contributed by atoms with Gasteiger partial charge in [0.05, 0.1) is 12.6 Å². The van der Waals surface area contributed by atoms with Crippen LogP contribution >= 0.6 is 11.6 Å². The van der Waals surface area contributed by atoms with Crippen LogP contribution in [-0.2, 0) is 4.79 Å². The van der Waals surface area contributed by atoms with Crippen molar-refractivity contribution in [2.75, 3.05) is 19.0 Å². The first-order valence-corrected chi connectivity index (χ1v) is 7.28. The molecule has 1 saturated heterocycles. The number of hydrogen-bond donors (Lipinski definition) is 0. The number of amides is 1. The minimum atomic E-state index is 0.0310. The van der Waals surface area contributed by atoms with Gasteiger partial charge in [-0.3, -0.25) is 4.79 Å². The average molecular weight is 282 g/mol. The van der Waals surface area contributed by atoms with Crippen LogP contribution in [0.3, 0.4) is 0 Å². The van der Waals surface area contributed by atoms with E-state index >= 15 is 0 Å². The highest BCUT2D eigenvalue weighted by Crippen LogP contribution is 2.33. The van der Waals surface area contributed by atoms with E-state index in [4.69, 9.17) is 16.3 Å². The van der Waals surface area contributed by atoms with Gasteiger partial charge in [0, 0.05) is 24.4 Å². The molecule has 4 heteroatoms. The molecule has 0 radical (unpaired) electrons. The third-order valence-electron chi connectivity index (χ3n) is 3.59. The minimum Gasteiger partial charge on any atom is -0.494 e. The highest BCUT2D eigenvalue weighted by Gasteiger charge is 2.33. The summed E-state index contributed by atoms with van der Waals surface area (Å²) in [5.74, 6) is 1.86. The van der Waals surface area contributed by atoms with Crippen molar-refractivity contribution in [3.05, 3.63) is 29.8 Å². The molecule has 1 aliphatic heterocycles. The van der Waals surface area contributed by atoms with Crippen LogP contribution in [0.4, 0.5) is 0 Å². The summed E-state index contributed by atoms with van der Waals surface area (Å²) in [5.41, 5.74) is 1.06. The molecule has 0 bridgehead atoms. The van der Waals surface area contributed by atoms with Crippen LogP contribution in [0.2, 0.25) is 0 Å². The molecular formula is C15H20ClNO2. The van der Waals surface area contributed by atoms with Crippen molar-refractivity contribution in [2.45, 2.75) is 26.3 Å². The van der Waals surface area contributed by atoms with E-state index in [0.29, 0.717) is 18.9 Å². The molecule has 2 atom stereocenters. The van der Waals surface area contributed by atoms with E-state index in [9.17, 15) is 4.79 Å². The number of benzene rings is 1. The Labute approximate surface area is 119 Å². The first-order chi connectivity index (χ1) is 9.17. The molecule has 104 valence electrons. The number of carbonyl (C=O) groups is 1. The lowest BCUT2D eigenvalue weighted by Crippen LogP contribution is -2.29. The van der Waals surface area contributed by atoms with Crippen molar-refractivity contribution >= 4 is 17.5 Å². The van der Waals surface area contributed by atoms with Gasteiger partial charge in [-0.25, -0.2) is 0 Å². The third kappa shape index (κ3) is 3.03. The van der Waals surface area contributed by atoms with E-state index in [1.165, 1.54) is 0 Å². The zero-order valence-electron chi connectivity index (χ0n) is 11.4. The second kappa shape index (κ2) is 6.29. The first kappa shape index (κ1) is 14.2. The van der Waals surface area contributed by atoms with Crippen LogP contribution in [0.25, 0.3) is 0 Å². The second-order valence-electron chi connectivity index (χ2n) is 4.92. The van der Waals surface area contributed by atoms with Gasteiger partial charge in [-0.1, -0.05) is 18.2 Å². The monoisotopic (exact) mass is 281 g/mol. The topological polar surface area (TPSA) is 29.5 Å². The number of rotatable bonds is 5. The highest BCUT2D eigenvalue weighted by atomic mass is 35.5. The number of likely N-dealkylation sites (tertiary alicyclic amines) is 1. The Balaban J connectivity index is 2.20. The Morgan fingerprint density at radius 1 is 1.47 bits per heavy atom. The Kier molecular flexibility index (Phi) is 4.70. The first-order valence-electron chi connectivity index (χ1n) is 6.74. The largest absolute Gasteiger partial charge is 0.494 e. The quantitative estimate of drug-likeness (QED) is 0.776. The maximum Gasteiger partial charge on any atom is 0.223 e. The SMILES string of the molecule is CCOc1ccccc1C(C)N1CC(CCl)CC1=O. The molecule has 2 unspecified atom stereocenters. The molecule has 0 saturated carbocycles. The van der Waals surface area contributed by atoms with E-state index in [1.807, 2.05) is 43.0 Å². The van der Waals surface area contributed by atoms with Crippen LogP contribution in [0.5, 0.6) is 5.75 Å². The Bertz CT molecular complexity index is 450. The van der Waals surface area contributed by atoms with Crippen LogP contribution in [-0.4, -0.2) is 29.8 Å². The molecule has 3 nitrogen and oxygen atoms in total. The summed E-state index contributed by atoms with van der Waals surface area (Å²) >= 11 is 5.87. The normalized spacial score (nSPS) is 20.7. The van der Waals surface area contributed by atoms with Gasteiger partial charge in [0.15, 0.2) is 0 Å². The molecule has 0 N–H and O–H groups in total. The van der Waals surface area contributed by atoms with Crippen molar-refractivity contribution in [3.8, 4) is 5.75 Å². The summed E-state index contributed by atoms with van der Waals surface area (Å²) in [6.07, 6.45) is 0.560. The van der Waals surface area contributed by atoms with Crippen molar-refractivity contribution < 1.29 is 9.53 Å². The smallest absolute Gasteiger partial charge is 0.223 e. The predicted molar refractivity (Wildman–Crippen MR) is 76.6 cm³/mol. The molecular weight excluding hydrogens is 262 g/mol. The van der Waals surface area contributed by atoms with E-state index in [-0.39, 0.29) is 17.9 Å². The molecule has 19 heavy (non-hydrogen) atoms. The van der Waals surface area contributed by atoms with Gasteiger partial charge in [0.1, 0.15) is 5.75 Å². The maximum atomic E-state index is 12.1. The standard InChI is InChI=1S/C15H20ClNO2/c1-3-19-14-7-5-4-6-13(14)11(2)17-10-12(9-16)8-15(17)18/h4-7,11-12H,3,8-10H2,1-2H3. The number of halogens is 1. The van der Waals surface area contributed by atoms with Gasteiger partial charge < -0.3 is 9.64 Å². The van der Waals surface area contributed by atoms with Crippen LogP contribution < -0.4 is 4.74 Å². The lowest BCUT2D eigenvalue weighted by molar-refractivity contribution is -0.129. The second-order valence-corrected chi connectivity index (χ2v) is 5.23. The average Bonchev–Trinajstić information content (AvgIpc) is 2.80. The fourth-order valence-electron chi connectivity index (χ4n) is 2.57. The summed E-state index contributed by atoms with van der Waals surface area (Å²) in [6.45, 7) is 5.38. The molecule has 2 rings (SSSR count). The van der Waals surface area contributed by atoms with Crippen molar-refractivity contribution in [3.63, 3.8) is 0 Å². The summed E-state index contributed by atoms with van der Waals surface area (Å²) in [4.78, 5) is 14.0. The van der Waals surface area contributed by atoms with E-state index in [2.05, 4.69) is 0 Å². The number of hydrogen-bond acceptors (Lipinski definition) is 2. The van der Waals surface area contributed by atoms with Crippen molar-refractivity contribution in [1.29, 1.82) is 0 Å². The van der Waals surface area contributed by atoms with Crippen LogP contribution in [0.15, 0.2) is 24.3 Å². The number of alkyl halides is 1. The maximum absolute atomic E-state index is 12.1. The predicted octanol–water partition coefficient (Wildman–Crippen LogP) is 3.23. The molecule has 0 aliphatic carbocycles. The van der Waals surface area contributed by atoms with Gasteiger partial charge in [-0.15, -0.1) is 11.6 Å². The van der Waals surface area contributed by atoms with Gasteiger partial charge in [0.2, 0.25) is 5.91 Å². The Morgan fingerprint density at radius 3 is 2.84 bits per heavy atom. The van der Waals surface area contributed by atoms with Gasteiger partial charge in [-0.05, 0) is 25.8 Å². The fourth-order valence-corrected chi connectivity index (χ4v) is 2.77. The van der Waals surface area contributed by atoms with Crippen molar-refractivity contribution in [1.82, 2.24) is 4.90 Å². The number of carbonyl (C=O) groups excluding carboxylic acids is 1. The molecule has 1 heterocycles. The molecule has 1 aliphatic rings. The molecule has 1 fully saturated rings. The Hall–Kier alpha value is -1.22. The van der Waals surface area contributed by atoms with E-state index in [0.717, 1.165) is 17.9 Å². The zero-order valence-corrected chi connectivity index (χ0v) is 12.2. The lowest BCUT2D eigenvalue weighted by atomic mass is 10.1. The minimum absolute atomic E-state index is 0.0310. The molecule has 1 aromatic carbocycles. The third-order valence-corrected chi connectivity index (χ3v) is 4.03. The number of nitrogens with zero attached hydrogens (tertiary/aromatic N) is 1. The summed E-state index contributed by atoms with van der Waals surface area (Å²) in [6, 6.07) is 7.94. The van der Waals surface area contributed by atoms with Gasteiger partial charge >= 0.3 is 0 Å².